The number of hydrogen-bond acceptors (Lipinski definition) is 3. The van der Waals surface area contributed by atoms with Crippen molar-refractivity contribution in [3.63, 3.8) is 0 Å². The van der Waals surface area contributed by atoms with Crippen molar-refractivity contribution < 1.29 is 9.13 Å². The van der Waals surface area contributed by atoms with E-state index >= 15 is 0 Å². The van der Waals surface area contributed by atoms with Gasteiger partial charge in [0.15, 0.2) is 0 Å². The van der Waals surface area contributed by atoms with Crippen LogP contribution in [0, 0.1) is 5.82 Å². The highest BCUT2D eigenvalue weighted by Crippen LogP contribution is 2.21. The van der Waals surface area contributed by atoms with Gasteiger partial charge in [0.25, 0.3) is 0 Å². The van der Waals surface area contributed by atoms with E-state index in [1.165, 1.54) is 12.1 Å². The fourth-order valence-corrected chi connectivity index (χ4v) is 1.94. The van der Waals surface area contributed by atoms with Crippen molar-refractivity contribution in [1.82, 2.24) is 10.3 Å². The summed E-state index contributed by atoms with van der Waals surface area (Å²) < 4.78 is 18.8. The zero-order chi connectivity index (χ0) is 15.1. The lowest BCUT2D eigenvalue weighted by Gasteiger charge is -2.08. The molecule has 0 saturated heterocycles. The largest absolute Gasteiger partial charge is 0.487 e. The zero-order valence-electron chi connectivity index (χ0n) is 11.9. The van der Waals surface area contributed by atoms with E-state index in [0.29, 0.717) is 12.4 Å². The number of pyridine rings is 1. The lowest BCUT2D eigenvalue weighted by molar-refractivity contribution is 0.299. The summed E-state index contributed by atoms with van der Waals surface area (Å²) in [6.07, 6.45) is 1.09. The lowest BCUT2D eigenvalue weighted by atomic mass is 10.3. The van der Waals surface area contributed by atoms with Crippen LogP contribution in [-0.2, 0) is 13.2 Å². The second-order valence-corrected chi connectivity index (χ2v) is 5.07. The molecule has 1 heterocycles. The summed E-state index contributed by atoms with van der Waals surface area (Å²) in [4.78, 5) is 4.49. The molecule has 2 rings (SSSR count). The number of aromatic nitrogens is 1. The van der Waals surface area contributed by atoms with E-state index in [9.17, 15) is 4.39 Å². The minimum absolute atomic E-state index is 0.0875. The maximum absolute atomic E-state index is 13.3. The van der Waals surface area contributed by atoms with Gasteiger partial charge in [0, 0.05) is 12.6 Å². The van der Waals surface area contributed by atoms with E-state index in [4.69, 9.17) is 16.3 Å². The Kier molecular flexibility index (Phi) is 5.96. The van der Waals surface area contributed by atoms with Gasteiger partial charge in [-0.15, -0.1) is 0 Å². The van der Waals surface area contributed by atoms with Gasteiger partial charge >= 0.3 is 0 Å². The molecule has 0 fully saturated rings. The Bertz CT molecular complexity index is 592. The maximum atomic E-state index is 13.3. The van der Waals surface area contributed by atoms with Gasteiger partial charge < -0.3 is 10.1 Å². The third kappa shape index (κ3) is 4.99. The van der Waals surface area contributed by atoms with Gasteiger partial charge in [0.05, 0.1) is 16.4 Å². The van der Waals surface area contributed by atoms with Crippen LogP contribution < -0.4 is 10.1 Å². The van der Waals surface area contributed by atoms with Gasteiger partial charge in [0.1, 0.15) is 18.2 Å². The minimum atomic E-state index is -0.486. The molecule has 21 heavy (non-hydrogen) atoms. The molecular weight excluding hydrogens is 291 g/mol. The van der Waals surface area contributed by atoms with Crippen molar-refractivity contribution in [3.05, 3.63) is 58.6 Å². The number of hydrogen-bond donors (Lipinski definition) is 1. The molecule has 3 nitrogen and oxygen atoms in total. The van der Waals surface area contributed by atoms with Crippen LogP contribution in [0.5, 0.6) is 5.75 Å². The summed E-state index contributed by atoms with van der Waals surface area (Å²) in [6.45, 7) is 4.11. The normalized spacial score (nSPS) is 10.6. The van der Waals surface area contributed by atoms with E-state index in [1.807, 2.05) is 18.2 Å². The van der Waals surface area contributed by atoms with Crippen LogP contribution in [0.25, 0.3) is 0 Å². The third-order valence-electron chi connectivity index (χ3n) is 2.88. The number of nitrogens with one attached hydrogen (secondary N) is 1. The first-order valence-electron chi connectivity index (χ1n) is 6.92. The molecule has 0 spiro atoms. The summed E-state index contributed by atoms with van der Waals surface area (Å²) in [6, 6.07) is 10.2. The Hall–Kier alpha value is -1.65. The Labute approximate surface area is 129 Å². The average molecular weight is 309 g/mol. The highest BCUT2D eigenvalue weighted by Gasteiger charge is 2.03. The molecule has 1 aromatic heterocycles. The number of benzene rings is 1. The van der Waals surface area contributed by atoms with Crippen LogP contribution in [0.4, 0.5) is 4.39 Å². The molecule has 112 valence electrons. The van der Waals surface area contributed by atoms with Crippen LogP contribution in [0.2, 0.25) is 5.02 Å². The minimum Gasteiger partial charge on any atom is -0.487 e. The highest BCUT2D eigenvalue weighted by molar-refractivity contribution is 6.30. The Morgan fingerprint density at radius 2 is 2.05 bits per heavy atom. The van der Waals surface area contributed by atoms with Gasteiger partial charge in [-0.25, -0.2) is 4.39 Å². The summed E-state index contributed by atoms with van der Waals surface area (Å²) in [5.74, 6) is -0.0483. The quantitative estimate of drug-likeness (QED) is 0.786. The molecule has 1 aromatic carbocycles. The molecule has 0 bridgehead atoms. The number of halogens is 2. The van der Waals surface area contributed by atoms with Gasteiger partial charge in [-0.3, -0.25) is 4.98 Å². The average Bonchev–Trinajstić information content (AvgIpc) is 2.49. The van der Waals surface area contributed by atoms with Crippen molar-refractivity contribution >= 4 is 11.6 Å². The standard InChI is InChI=1S/C16H18ClFN2O/c1-2-8-19-10-12-4-3-5-13(20-12)11-21-14-6-7-15(17)16(18)9-14/h3-7,9,19H,2,8,10-11H2,1H3. The molecule has 0 aliphatic carbocycles. The van der Waals surface area contributed by atoms with Crippen molar-refractivity contribution in [2.45, 2.75) is 26.5 Å². The number of ether oxygens (including phenoxy) is 1. The Morgan fingerprint density at radius 3 is 2.81 bits per heavy atom. The third-order valence-corrected chi connectivity index (χ3v) is 3.18. The maximum Gasteiger partial charge on any atom is 0.145 e. The smallest absolute Gasteiger partial charge is 0.145 e. The first-order chi connectivity index (χ1) is 10.2. The molecule has 0 aliphatic heterocycles. The molecule has 5 heteroatoms. The van der Waals surface area contributed by atoms with Crippen LogP contribution in [0.3, 0.4) is 0 Å². The van der Waals surface area contributed by atoms with Crippen LogP contribution >= 0.6 is 11.6 Å². The summed E-state index contributed by atoms with van der Waals surface area (Å²) in [5, 5.41) is 3.39. The highest BCUT2D eigenvalue weighted by atomic mass is 35.5. The Morgan fingerprint density at radius 1 is 1.24 bits per heavy atom. The van der Waals surface area contributed by atoms with Crippen LogP contribution in [0.15, 0.2) is 36.4 Å². The monoisotopic (exact) mass is 308 g/mol. The van der Waals surface area contributed by atoms with Crippen LogP contribution in [0.1, 0.15) is 24.7 Å². The van der Waals surface area contributed by atoms with Crippen LogP contribution in [-0.4, -0.2) is 11.5 Å². The summed E-state index contributed by atoms with van der Waals surface area (Å²) in [5.41, 5.74) is 1.77. The number of rotatable bonds is 7. The van der Waals surface area contributed by atoms with Gasteiger partial charge in [-0.05, 0) is 37.2 Å². The second kappa shape index (κ2) is 7.96. The molecule has 2 aromatic rings. The lowest BCUT2D eigenvalue weighted by Crippen LogP contribution is -2.15. The van der Waals surface area contributed by atoms with Crippen molar-refractivity contribution in [2.75, 3.05) is 6.54 Å². The van der Waals surface area contributed by atoms with Gasteiger partial charge in [0.2, 0.25) is 0 Å². The molecule has 0 saturated carbocycles. The Balaban J connectivity index is 1.93. The SMILES string of the molecule is CCCNCc1cccc(COc2ccc(Cl)c(F)c2)n1. The molecule has 0 atom stereocenters. The molecule has 0 radical (unpaired) electrons. The van der Waals surface area contributed by atoms with Gasteiger partial charge in [-0.2, -0.15) is 0 Å². The molecule has 0 amide bonds. The van der Waals surface area contributed by atoms with Gasteiger partial charge in [-0.1, -0.05) is 24.6 Å². The van der Waals surface area contributed by atoms with Crippen molar-refractivity contribution in [3.8, 4) is 5.75 Å². The van der Waals surface area contributed by atoms with E-state index in [0.717, 1.165) is 30.9 Å². The van der Waals surface area contributed by atoms with Crippen molar-refractivity contribution in [2.24, 2.45) is 0 Å². The molecule has 1 N–H and O–H groups in total. The predicted octanol–water partition coefficient (Wildman–Crippen LogP) is 3.95. The second-order valence-electron chi connectivity index (χ2n) is 4.66. The fourth-order valence-electron chi connectivity index (χ4n) is 1.83. The first-order valence-corrected chi connectivity index (χ1v) is 7.30. The molecule has 0 aliphatic rings. The fraction of sp³-hybridized carbons (Fsp3) is 0.312. The van der Waals surface area contributed by atoms with E-state index in [-0.39, 0.29) is 5.02 Å². The van der Waals surface area contributed by atoms with E-state index in [2.05, 4.69) is 17.2 Å². The molecular formula is C16H18ClFN2O. The summed E-state index contributed by atoms with van der Waals surface area (Å²) in [7, 11) is 0. The zero-order valence-corrected chi connectivity index (χ0v) is 12.7. The summed E-state index contributed by atoms with van der Waals surface area (Å²) >= 11 is 5.63. The van der Waals surface area contributed by atoms with E-state index in [1.54, 1.807) is 6.07 Å². The molecule has 0 unspecified atom stereocenters. The predicted molar refractivity (Wildman–Crippen MR) is 82.0 cm³/mol. The topological polar surface area (TPSA) is 34.1 Å². The van der Waals surface area contributed by atoms with E-state index < -0.39 is 5.82 Å². The first kappa shape index (κ1) is 15.7. The van der Waals surface area contributed by atoms with Crippen molar-refractivity contribution in [1.29, 1.82) is 0 Å². The number of nitrogens with zero attached hydrogens (tertiary/aromatic N) is 1.